The summed E-state index contributed by atoms with van der Waals surface area (Å²) in [5.74, 6) is 0.757. The summed E-state index contributed by atoms with van der Waals surface area (Å²) in [6.45, 7) is 4.28. The van der Waals surface area contributed by atoms with E-state index in [1.165, 1.54) is 0 Å². The Balaban J connectivity index is 2.37. The summed E-state index contributed by atoms with van der Waals surface area (Å²) in [6, 6.07) is 5.95. The third-order valence-corrected chi connectivity index (χ3v) is 3.13. The number of hydrogen-bond donors (Lipinski definition) is 1. The molecule has 5 heteroatoms. The molecule has 19 heavy (non-hydrogen) atoms. The number of ether oxygens (including phenoxy) is 3. The number of benzene rings is 1. The summed E-state index contributed by atoms with van der Waals surface area (Å²) >= 11 is 6.22. The minimum atomic E-state index is 0.221. The molecule has 1 N–H and O–H groups in total. The zero-order valence-corrected chi connectivity index (χ0v) is 12.5. The van der Waals surface area contributed by atoms with Gasteiger partial charge in [-0.3, -0.25) is 0 Å². The highest BCUT2D eigenvalue weighted by atomic mass is 35.5. The van der Waals surface area contributed by atoms with Gasteiger partial charge in [0, 0.05) is 18.2 Å². The second-order valence-corrected chi connectivity index (χ2v) is 4.55. The first-order valence-corrected chi connectivity index (χ1v) is 6.73. The molecular formula is C14H22ClNO3. The van der Waals surface area contributed by atoms with Gasteiger partial charge >= 0.3 is 0 Å². The lowest BCUT2D eigenvalue weighted by molar-refractivity contribution is 0.0544. The first-order valence-electron chi connectivity index (χ1n) is 6.35. The molecule has 0 aliphatic carbocycles. The van der Waals surface area contributed by atoms with E-state index in [-0.39, 0.29) is 6.04 Å². The van der Waals surface area contributed by atoms with Crippen molar-refractivity contribution in [2.45, 2.75) is 13.0 Å². The number of rotatable bonds is 9. The predicted octanol–water partition coefficient (Wildman–Crippen LogP) is 2.66. The van der Waals surface area contributed by atoms with E-state index in [0.29, 0.717) is 31.5 Å². The highest BCUT2D eigenvalue weighted by Crippen LogP contribution is 2.26. The Morgan fingerprint density at radius 3 is 2.58 bits per heavy atom. The van der Waals surface area contributed by atoms with E-state index in [1.807, 2.05) is 25.2 Å². The number of nitrogens with one attached hydrogen (secondary N) is 1. The molecule has 108 valence electrons. The van der Waals surface area contributed by atoms with E-state index in [0.717, 1.165) is 11.3 Å². The normalized spacial score (nSPS) is 12.4. The van der Waals surface area contributed by atoms with Gasteiger partial charge in [-0.15, -0.1) is 0 Å². The largest absolute Gasteiger partial charge is 0.491 e. The number of hydrogen-bond acceptors (Lipinski definition) is 4. The van der Waals surface area contributed by atoms with Crippen LogP contribution in [0, 0.1) is 0 Å². The van der Waals surface area contributed by atoms with Gasteiger partial charge in [-0.25, -0.2) is 0 Å². The van der Waals surface area contributed by atoms with Crippen LogP contribution in [0.3, 0.4) is 0 Å². The summed E-state index contributed by atoms with van der Waals surface area (Å²) < 4.78 is 15.8. The molecule has 4 nitrogen and oxygen atoms in total. The van der Waals surface area contributed by atoms with Gasteiger partial charge in [0.05, 0.1) is 19.8 Å². The number of halogens is 1. The molecule has 0 aromatic heterocycles. The van der Waals surface area contributed by atoms with Gasteiger partial charge in [0.15, 0.2) is 0 Å². The first-order chi connectivity index (χ1) is 9.19. The molecule has 1 aromatic carbocycles. The van der Waals surface area contributed by atoms with Crippen LogP contribution in [0.25, 0.3) is 0 Å². The first kappa shape index (κ1) is 16.2. The molecule has 0 fully saturated rings. The maximum absolute atomic E-state index is 6.22. The maximum atomic E-state index is 6.22. The Kier molecular flexibility index (Phi) is 7.82. The van der Waals surface area contributed by atoms with Crippen LogP contribution in [-0.2, 0) is 9.47 Å². The van der Waals surface area contributed by atoms with Gasteiger partial charge in [-0.05, 0) is 31.7 Å². The average Bonchev–Trinajstić information content (AvgIpc) is 2.42. The lowest BCUT2D eigenvalue weighted by atomic mass is 10.1. The molecule has 1 atom stereocenters. The van der Waals surface area contributed by atoms with E-state index >= 15 is 0 Å². The fourth-order valence-electron chi connectivity index (χ4n) is 1.57. The molecule has 0 amide bonds. The van der Waals surface area contributed by atoms with Gasteiger partial charge in [-0.2, -0.15) is 0 Å². The van der Waals surface area contributed by atoms with Crippen LogP contribution in [-0.4, -0.2) is 40.6 Å². The van der Waals surface area contributed by atoms with Gasteiger partial charge < -0.3 is 19.5 Å². The van der Waals surface area contributed by atoms with Crippen molar-refractivity contribution in [3.63, 3.8) is 0 Å². The van der Waals surface area contributed by atoms with Crippen LogP contribution in [0.5, 0.6) is 5.75 Å². The SMILES string of the molecule is CNC(C)c1ccc(OCCOCCOC)cc1Cl. The molecule has 0 bridgehead atoms. The van der Waals surface area contributed by atoms with Gasteiger partial charge in [0.1, 0.15) is 12.4 Å². The summed E-state index contributed by atoms with van der Waals surface area (Å²) in [5, 5.41) is 3.86. The highest BCUT2D eigenvalue weighted by molar-refractivity contribution is 6.31. The van der Waals surface area contributed by atoms with E-state index in [9.17, 15) is 0 Å². The molecule has 0 saturated carbocycles. The summed E-state index contributed by atoms with van der Waals surface area (Å²) in [4.78, 5) is 0. The fourth-order valence-corrected chi connectivity index (χ4v) is 1.90. The van der Waals surface area contributed by atoms with Gasteiger partial charge in [0.25, 0.3) is 0 Å². The second-order valence-electron chi connectivity index (χ2n) is 4.15. The van der Waals surface area contributed by atoms with Crippen molar-refractivity contribution < 1.29 is 14.2 Å². The summed E-state index contributed by atoms with van der Waals surface area (Å²) in [6.07, 6.45) is 0. The molecule has 1 unspecified atom stereocenters. The van der Waals surface area contributed by atoms with E-state index in [4.69, 9.17) is 25.8 Å². The third kappa shape index (κ3) is 5.78. The minimum Gasteiger partial charge on any atom is -0.491 e. The van der Waals surface area contributed by atoms with Crippen molar-refractivity contribution in [3.05, 3.63) is 28.8 Å². The summed E-state index contributed by atoms with van der Waals surface area (Å²) in [7, 11) is 3.55. The predicted molar refractivity (Wildman–Crippen MR) is 77.1 cm³/mol. The highest BCUT2D eigenvalue weighted by Gasteiger charge is 2.08. The third-order valence-electron chi connectivity index (χ3n) is 2.80. The zero-order chi connectivity index (χ0) is 14.1. The Morgan fingerprint density at radius 1 is 1.21 bits per heavy atom. The van der Waals surface area contributed by atoms with E-state index in [1.54, 1.807) is 7.11 Å². The number of methoxy groups -OCH3 is 1. The molecule has 0 saturated heterocycles. The lowest BCUT2D eigenvalue weighted by Crippen LogP contribution is -2.13. The van der Waals surface area contributed by atoms with Crippen molar-refractivity contribution >= 4 is 11.6 Å². The summed E-state index contributed by atoms with van der Waals surface area (Å²) in [5.41, 5.74) is 1.06. The van der Waals surface area contributed by atoms with Gasteiger partial charge in [-0.1, -0.05) is 17.7 Å². The Bertz CT molecular complexity index is 374. The van der Waals surface area contributed by atoms with Crippen molar-refractivity contribution in [2.75, 3.05) is 40.6 Å². The smallest absolute Gasteiger partial charge is 0.120 e. The van der Waals surface area contributed by atoms with E-state index < -0.39 is 0 Å². The van der Waals surface area contributed by atoms with Crippen molar-refractivity contribution in [1.82, 2.24) is 5.32 Å². The molecule has 1 rings (SSSR count). The Morgan fingerprint density at radius 2 is 1.95 bits per heavy atom. The molecule has 0 aliphatic heterocycles. The van der Waals surface area contributed by atoms with Crippen LogP contribution in [0.4, 0.5) is 0 Å². The Labute approximate surface area is 120 Å². The van der Waals surface area contributed by atoms with Gasteiger partial charge in [0.2, 0.25) is 0 Å². The topological polar surface area (TPSA) is 39.7 Å². The molecule has 0 radical (unpaired) electrons. The van der Waals surface area contributed by atoms with E-state index in [2.05, 4.69) is 12.2 Å². The maximum Gasteiger partial charge on any atom is 0.120 e. The monoisotopic (exact) mass is 287 g/mol. The van der Waals surface area contributed by atoms with Crippen LogP contribution in [0.15, 0.2) is 18.2 Å². The lowest BCUT2D eigenvalue weighted by Gasteiger charge is -2.14. The quantitative estimate of drug-likeness (QED) is 0.709. The van der Waals surface area contributed by atoms with Crippen molar-refractivity contribution in [1.29, 1.82) is 0 Å². The standard InChI is InChI=1S/C14H22ClNO3/c1-11(16-2)13-5-4-12(10-14(13)15)19-9-8-18-7-6-17-3/h4-5,10-11,16H,6-9H2,1-3H3. The molecular weight excluding hydrogens is 266 g/mol. The van der Waals surface area contributed by atoms with Crippen LogP contribution in [0.2, 0.25) is 5.02 Å². The minimum absolute atomic E-state index is 0.221. The zero-order valence-electron chi connectivity index (χ0n) is 11.7. The average molecular weight is 288 g/mol. The molecule has 0 aliphatic rings. The second kappa shape index (κ2) is 9.15. The Hall–Kier alpha value is -0.810. The van der Waals surface area contributed by atoms with Crippen molar-refractivity contribution in [2.24, 2.45) is 0 Å². The molecule has 0 spiro atoms. The fraction of sp³-hybridized carbons (Fsp3) is 0.571. The van der Waals surface area contributed by atoms with Crippen molar-refractivity contribution in [3.8, 4) is 5.75 Å². The van der Waals surface area contributed by atoms with Crippen LogP contribution < -0.4 is 10.1 Å². The van der Waals surface area contributed by atoms with Crippen LogP contribution >= 0.6 is 11.6 Å². The molecule has 1 aromatic rings. The van der Waals surface area contributed by atoms with Crippen LogP contribution in [0.1, 0.15) is 18.5 Å². The molecule has 0 heterocycles.